The average Bonchev–Trinajstić information content (AvgIpc) is 2.76. The molecule has 1 aliphatic carbocycles. The average molecular weight is 200 g/mol. The van der Waals surface area contributed by atoms with Crippen LogP contribution in [0, 0.1) is 5.92 Å². The molecule has 0 amide bonds. The normalized spacial score (nSPS) is 28.4. The summed E-state index contributed by atoms with van der Waals surface area (Å²) in [7, 11) is 0. The van der Waals surface area contributed by atoms with Gasteiger partial charge in [-0.15, -0.1) is 5.10 Å². The van der Waals surface area contributed by atoms with Crippen LogP contribution >= 0.6 is 0 Å². The number of rotatable bonds is 1. The van der Waals surface area contributed by atoms with Gasteiger partial charge in [0.2, 0.25) is 0 Å². The molecule has 1 aliphatic heterocycles. The summed E-state index contributed by atoms with van der Waals surface area (Å²) in [6.07, 6.45) is 6.46. The lowest BCUT2D eigenvalue weighted by atomic mass is 10.3. The van der Waals surface area contributed by atoms with E-state index in [-0.39, 0.29) is 0 Å². The van der Waals surface area contributed by atoms with Crippen LogP contribution in [0.3, 0.4) is 0 Å². The first-order valence-electron chi connectivity index (χ1n) is 5.49. The minimum Gasteiger partial charge on any atom is -0.352 e. The molecule has 4 rings (SSSR count). The Morgan fingerprint density at radius 2 is 2.40 bits per heavy atom. The molecule has 4 nitrogen and oxygen atoms in total. The Bertz CT molecular complexity index is 485. The van der Waals surface area contributed by atoms with Gasteiger partial charge in [-0.1, -0.05) is 0 Å². The van der Waals surface area contributed by atoms with E-state index < -0.39 is 0 Å². The maximum atomic E-state index is 4.55. The topological polar surface area (TPSA) is 33.4 Å². The van der Waals surface area contributed by atoms with E-state index >= 15 is 0 Å². The van der Waals surface area contributed by atoms with Crippen molar-refractivity contribution in [3.8, 4) is 0 Å². The van der Waals surface area contributed by atoms with Crippen LogP contribution < -0.4 is 4.90 Å². The Morgan fingerprint density at radius 1 is 1.40 bits per heavy atom. The molecule has 2 fully saturated rings. The monoisotopic (exact) mass is 200 g/mol. The summed E-state index contributed by atoms with van der Waals surface area (Å²) in [4.78, 5) is 6.72. The molecular formula is C11H12N4. The Morgan fingerprint density at radius 3 is 3.13 bits per heavy atom. The van der Waals surface area contributed by atoms with E-state index in [1.54, 1.807) is 0 Å². The summed E-state index contributed by atoms with van der Waals surface area (Å²) >= 11 is 0. The molecule has 2 aliphatic rings. The summed E-state index contributed by atoms with van der Waals surface area (Å²) in [6.45, 7) is 1.17. The summed E-state index contributed by atoms with van der Waals surface area (Å²) in [6, 6.07) is 4.77. The van der Waals surface area contributed by atoms with E-state index in [9.17, 15) is 0 Å². The Labute approximate surface area is 87.5 Å². The van der Waals surface area contributed by atoms with Gasteiger partial charge in [0.25, 0.3) is 0 Å². The van der Waals surface area contributed by atoms with Gasteiger partial charge in [-0.2, -0.15) is 0 Å². The highest BCUT2D eigenvalue weighted by Crippen LogP contribution is 2.46. The molecule has 2 aromatic rings. The van der Waals surface area contributed by atoms with Gasteiger partial charge >= 0.3 is 0 Å². The number of piperidine rings is 1. The Kier molecular flexibility index (Phi) is 1.28. The first kappa shape index (κ1) is 7.68. The van der Waals surface area contributed by atoms with Crippen LogP contribution in [-0.2, 0) is 0 Å². The fraction of sp³-hybridized carbons (Fsp3) is 0.455. The highest BCUT2D eigenvalue weighted by Gasteiger charge is 2.47. The van der Waals surface area contributed by atoms with Crippen molar-refractivity contribution < 1.29 is 0 Å². The van der Waals surface area contributed by atoms with Gasteiger partial charge < -0.3 is 4.90 Å². The second-order valence-corrected chi connectivity index (χ2v) is 4.47. The Hall–Kier alpha value is -1.58. The number of nitrogens with zero attached hydrogens (tertiary/aromatic N) is 4. The predicted octanol–water partition coefficient (Wildman–Crippen LogP) is 1.33. The summed E-state index contributed by atoms with van der Waals surface area (Å²) in [5, 5.41) is 4.55. The van der Waals surface area contributed by atoms with Crippen LogP contribution in [0.5, 0.6) is 0 Å². The number of fused-ring (bicyclic) bond motifs is 2. The zero-order valence-corrected chi connectivity index (χ0v) is 8.37. The molecule has 2 aromatic heterocycles. The van der Waals surface area contributed by atoms with Gasteiger partial charge in [-0.3, -0.25) is 0 Å². The van der Waals surface area contributed by atoms with Crippen LogP contribution in [0.2, 0.25) is 0 Å². The molecule has 0 radical (unpaired) electrons. The standard InChI is InChI=1S/C11H12N4/c1-3-12-10-7-11(13-15(10)4-1)14-5-2-8-6-9(8)14/h1,3-4,7-9H,2,5-6H2. The van der Waals surface area contributed by atoms with E-state index in [2.05, 4.69) is 21.0 Å². The summed E-state index contributed by atoms with van der Waals surface area (Å²) in [5.74, 6) is 2.04. The van der Waals surface area contributed by atoms with E-state index in [1.165, 1.54) is 19.4 Å². The van der Waals surface area contributed by atoms with Crippen molar-refractivity contribution >= 4 is 11.5 Å². The fourth-order valence-electron chi connectivity index (χ4n) is 2.64. The molecule has 3 heterocycles. The van der Waals surface area contributed by atoms with Crippen molar-refractivity contribution in [1.29, 1.82) is 0 Å². The Balaban J connectivity index is 1.81. The van der Waals surface area contributed by atoms with Crippen LogP contribution in [0.15, 0.2) is 24.5 Å². The summed E-state index contributed by atoms with van der Waals surface area (Å²) in [5.41, 5.74) is 0.941. The van der Waals surface area contributed by atoms with Gasteiger partial charge in [-0.05, 0) is 24.8 Å². The van der Waals surface area contributed by atoms with Gasteiger partial charge in [0.05, 0.1) is 0 Å². The van der Waals surface area contributed by atoms with Crippen LogP contribution in [0.1, 0.15) is 12.8 Å². The lowest BCUT2D eigenvalue weighted by Crippen LogP contribution is -2.22. The quantitative estimate of drug-likeness (QED) is 0.696. The third-order valence-corrected chi connectivity index (χ3v) is 3.54. The minimum absolute atomic E-state index is 0.773. The minimum atomic E-state index is 0.773. The molecule has 4 heteroatoms. The molecule has 0 N–H and O–H groups in total. The number of anilines is 1. The first-order valence-corrected chi connectivity index (χ1v) is 5.49. The largest absolute Gasteiger partial charge is 0.352 e. The molecule has 0 spiro atoms. The molecule has 2 unspecified atom stereocenters. The second-order valence-electron chi connectivity index (χ2n) is 4.47. The third kappa shape index (κ3) is 1.02. The van der Waals surface area contributed by atoms with Gasteiger partial charge in [0, 0.05) is 31.0 Å². The second kappa shape index (κ2) is 2.51. The molecule has 2 atom stereocenters. The number of hydrogen-bond acceptors (Lipinski definition) is 3. The van der Waals surface area contributed by atoms with Crippen molar-refractivity contribution in [3.63, 3.8) is 0 Å². The highest BCUT2D eigenvalue weighted by molar-refractivity contribution is 5.54. The lowest BCUT2D eigenvalue weighted by Gasteiger charge is -2.15. The zero-order valence-electron chi connectivity index (χ0n) is 8.37. The first-order chi connectivity index (χ1) is 7.42. The van der Waals surface area contributed by atoms with E-state index in [1.807, 2.05) is 23.0 Å². The maximum Gasteiger partial charge on any atom is 0.157 e. The van der Waals surface area contributed by atoms with Crippen molar-refractivity contribution in [2.24, 2.45) is 5.92 Å². The van der Waals surface area contributed by atoms with Crippen LogP contribution in [-0.4, -0.2) is 27.2 Å². The molecule has 15 heavy (non-hydrogen) atoms. The van der Waals surface area contributed by atoms with Crippen molar-refractivity contribution in [2.45, 2.75) is 18.9 Å². The van der Waals surface area contributed by atoms with Gasteiger partial charge in [0.1, 0.15) is 0 Å². The molecule has 0 aromatic carbocycles. The molecule has 76 valence electrons. The van der Waals surface area contributed by atoms with Crippen molar-refractivity contribution in [2.75, 3.05) is 11.4 Å². The SMILES string of the molecule is c1cnc2cc(N3CCC4CC43)nn2c1. The van der Waals surface area contributed by atoms with E-state index in [0.717, 1.165) is 23.4 Å². The maximum absolute atomic E-state index is 4.55. The van der Waals surface area contributed by atoms with Crippen LogP contribution in [0.4, 0.5) is 5.82 Å². The number of hydrogen-bond donors (Lipinski definition) is 0. The van der Waals surface area contributed by atoms with Crippen molar-refractivity contribution in [1.82, 2.24) is 14.6 Å². The molecule has 1 saturated heterocycles. The zero-order chi connectivity index (χ0) is 9.83. The smallest absolute Gasteiger partial charge is 0.157 e. The molecule has 1 saturated carbocycles. The predicted molar refractivity (Wildman–Crippen MR) is 56.8 cm³/mol. The van der Waals surface area contributed by atoms with E-state index in [0.29, 0.717) is 0 Å². The van der Waals surface area contributed by atoms with Crippen LogP contribution in [0.25, 0.3) is 5.65 Å². The molecular weight excluding hydrogens is 188 g/mol. The van der Waals surface area contributed by atoms with Crippen molar-refractivity contribution in [3.05, 3.63) is 24.5 Å². The van der Waals surface area contributed by atoms with E-state index in [4.69, 9.17) is 0 Å². The van der Waals surface area contributed by atoms with Gasteiger partial charge in [0.15, 0.2) is 11.5 Å². The lowest BCUT2D eigenvalue weighted by molar-refractivity contribution is 0.785. The molecule has 0 bridgehead atoms. The fourth-order valence-corrected chi connectivity index (χ4v) is 2.64. The summed E-state index contributed by atoms with van der Waals surface area (Å²) < 4.78 is 1.85. The highest BCUT2D eigenvalue weighted by atomic mass is 15.4. The third-order valence-electron chi connectivity index (χ3n) is 3.54. The van der Waals surface area contributed by atoms with Gasteiger partial charge in [-0.25, -0.2) is 9.50 Å². The number of aromatic nitrogens is 3.